The molecule has 0 saturated carbocycles. The molecule has 0 aliphatic rings. The van der Waals surface area contributed by atoms with Crippen molar-refractivity contribution in [1.29, 1.82) is 0 Å². The van der Waals surface area contributed by atoms with Gasteiger partial charge < -0.3 is 0 Å². The highest BCUT2D eigenvalue weighted by Gasteiger charge is 2.04. The van der Waals surface area contributed by atoms with Gasteiger partial charge in [-0.25, -0.2) is 0 Å². The number of ketones is 2. The Balaban J connectivity index is 3.17. The maximum absolute atomic E-state index is 11.2. The summed E-state index contributed by atoms with van der Waals surface area (Å²) < 4.78 is 0. The lowest BCUT2D eigenvalue weighted by Gasteiger charge is -2.00. The van der Waals surface area contributed by atoms with Crippen LogP contribution in [-0.2, 0) is 9.59 Å². The lowest BCUT2D eigenvalue weighted by molar-refractivity contribution is -0.125. The lowest BCUT2D eigenvalue weighted by Crippen LogP contribution is -2.03. The summed E-state index contributed by atoms with van der Waals surface area (Å²) >= 11 is 0. The fourth-order valence-electron chi connectivity index (χ4n) is 1.68. The van der Waals surface area contributed by atoms with Crippen molar-refractivity contribution in [2.75, 3.05) is 0 Å². The molecule has 0 aromatic rings. The van der Waals surface area contributed by atoms with Crippen molar-refractivity contribution in [2.24, 2.45) is 0 Å². The summed E-state index contributed by atoms with van der Waals surface area (Å²) in [5, 5.41) is 0. The predicted molar refractivity (Wildman–Crippen MR) is 67.4 cm³/mol. The summed E-state index contributed by atoms with van der Waals surface area (Å²) in [6.45, 7) is 5.16. The Morgan fingerprint density at radius 3 is 2.12 bits per heavy atom. The molecule has 0 fully saturated rings. The van der Waals surface area contributed by atoms with E-state index in [9.17, 15) is 9.59 Å². The highest BCUT2D eigenvalue weighted by atomic mass is 16.1. The van der Waals surface area contributed by atoms with Crippen molar-refractivity contribution < 1.29 is 9.59 Å². The van der Waals surface area contributed by atoms with Gasteiger partial charge in [0.05, 0.1) is 6.42 Å². The van der Waals surface area contributed by atoms with Gasteiger partial charge in [-0.3, -0.25) is 9.59 Å². The molecule has 0 N–H and O–H groups in total. The third kappa shape index (κ3) is 11.2. The molecular formula is C14H24O2. The number of Topliss-reactive ketones (excluding diaryl/α,β-unsaturated/α-hetero) is 2. The molecular weight excluding hydrogens is 200 g/mol. The molecule has 0 atom stereocenters. The average Bonchev–Trinajstić information content (AvgIpc) is 2.21. The molecule has 0 aliphatic carbocycles. The van der Waals surface area contributed by atoms with Gasteiger partial charge in [0, 0.05) is 6.42 Å². The van der Waals surface area contributed by atoms with E-state index in [0.717, 1.165) is 19.3 Å². The number of carbonyl (C=O) groups excluding carboxylic acids is 2. The molecule has 0 heterocycles. The number of allylic oxidation sites excluding steroid dienone is 1. The molecule has 0 aromatic carbocycles. The number of carbonyl (C=O) groups is 2. The van der Waals surface area contributed by atoms with E-state index in [1.54, 1.807) is 0 Å². The van der Waals surface area contributed by atoms with Gasteiger partial charge in [-0.2, -0.15) is 0 Å². The van der Waals surface area contributed by atoms with Gasteiger partial charge >= 0.3 is 0 Å². The molecule has 0 aromatic heterocycles. The third-order valence-electron chi connectivity index (χ3n) is 2.56. The van der Waals surface area contributed by atoms with Gasteiger partial charge in [-0.05, 0) is 26.2 Å². The summed E-state index contributed by atoms with van der Waals surface area (Å²) in [6, 6.07) is 0. The Labute approximate surface area is 99.1 Å². The van der Waals surface area contributed by atoms with E-state index in [-0.39, 0.29) is 18.0 Å². The normalized spacial score (nSPS) is 10.1. The highest BCUT2D eigenvalue weighted by Crippen LogP contribution is 2.09. The quantitative estimate of drug-likeness (QED) is 0.303. The topological polar surface area (TPSA) is 34.1 Å². The van der Waals surface area contributed by atoms with E-state index < -0.39 is 0 Å². The van der Waals surface area contributed by atoms with Crippen LogP contribution in [0.5, 0.6) is 0 Å². The molecule has 0 bridgehead atoms. The predicted octanol–water partition coefficient (Wildman–Crippen LogP) is 3.84. The van der Waals surface area contributed by atoms with Gasteiger partial charge in [-0.15, -0.1) is 6.58 Å². The monoisotopic (exact) mass is 224 g/mol. The lowest BCUT2D eigenvalue weighted by atomic mass is 10.0. The minimum atomic E-state index is -0.0191. The fourth-order valence-corrected chi connectivity index (χ4v) is 1.68. The second kappa shape index (κ2) is 10.6. The number of rotatable bonds is 11. The van der Waals surface area contributed by atoms with Gasteiger partial charge in [0.25, 0.3) is 0 Å². The molecule has 2 nitrogen and oxygen atoms in total. The van der Waals surface area contributed by atoms with E-state index >= 15 is 0 Å². The van der Waals surface area contributed by atoms with Crippen molar-refractivity contribution in [3.05, 3.63) is 12.7 Å². The van der Waals surface area contributed by atoms with Gasteiger partial charge in [0.15, 0.2) is 0 Å². The molecule has 0 unspecified atom stereocenters. The Morgan fingerprint density at radius 2 is 1.56 bits per heavy atom. The van der Waals surface area contributed by atoms with Crippen LogP contribution in [0.3, 0.4) is 0 Å². The van der Waals surface area contributed by atoms with Crippen molar-refractivity contribution in [1.82, 2.24) is 0 Å². The standard InChI is InChI=1S/C14H24O2/c1-3-4-5-6-7-8-9-10-11-14(16)12-13(2)15/h3H,1,4-12H2,2H3. The fraction of sp³-hybridized carbons (Fsp3) is 0.714. The van der Waals surface area contributed by atoms with Crippen LogP contribution in [0.1, 0.15) is 64.7 Å². The maximum atomic E-state index is 11.2. The SMILES string of the molecule is C=CCCCCCCCCC(=O)CC(C)=O. The summed E-state index contributed by atoms with van der Waals surface area (Å²) in [7, 11) is 0. The Morgan fingerprint density at radius 1 is 1.00 bits per heavy atom. The minimum Gasteiger partial charge on any atom is -0.300 e. The van der Waals surface area contributed by atoms with Gasteiger partial charge in [-0.1, -0.05) is 31.8 Å². The third-order valence-corrected chi connectivity index (χ3v) is 2.56. The maximum Gasteiger partial charge on any atom is 0.140 e. The summed E-state index contributed by atoms with van der Waals surface area (Å²) in [5.74, 6) is 0.0774. The van der Waals surface area contributed by atoms with E-state index in [0.29, 0.717) is 6.42 Å². The highest BCUT2D eigenvalue weighted by molar-refractivity contribution is 5.97. The second-order valence-electron chi connectivity index (χ2n) is 4.37. The number of hydrogen-bond acceptors (Lipinski definition) is 2. The first-order chi connectivity index (χ1) is 7.66. The van der Waals surface area contributed by atoms with Gasteiger partial charge in [0.2, 0.25) is 0 Å². The second-order valence-corrected chi connectivity index (χ2v) is 4.37. The molecule has 0 rings (SSSR count). The zero-order chi connectivity index (χ0) is 12.2. The molecule has 0 aliphatic heterocycles. The summed E-state index contributed by atoms with van der Waals surface area (Å²) in [6.07, 6.45) is 10.7. The van der Waals surface area contributed by atoms with Crippen LogP contribution < -0.4 is 0 Å². The van der Waals surface area contributed by atoms with Crippen molar-refractivity contribution in [2.45, 2.75) is 64.7 Å². The van der Waals surface area contributed by atoms with Crippen LogP contribution >= 0.6 is 0 Å². The molecule has 16 heavy (non-hydrogen) atoms. The smallest absolute Gasteiger partial charge is 0.140 e. The zero-order valence-electron chi connectivity index (χ0n) is 10.5. The molecule has 0 radical (unpaired) electrons. The van der Waals surface area contributed by atoms with Crippen LogP contribution in [-0.4, -0.2) is 11.6 Å². The van der Waals surface area contributed by atoms with Crippen molar-refractivity contribution in [3.8, 4) is 0 Å². The first-order valence-corrected chi connectivity index (χ1v) is 6.29. The van der Waals surface area contributed by atoms with E-state index in [2.05, 4.69) is 6.58 Å². The van der Waals surface area contributed by atoms with E-state index in [1.165, 1.54) is 32.6 Å². The van der Waals surface area contributed by atoms with Crippen LogP contribution in [0, 0.1) is 0 Å². The van der Waals surface area contributed by atoms with E-state index in [1.807, 2.05) is 6.08 Å². The molecule has 92 valence electrons. The molecule has 0 saturated heterocycles. The van der Waals surface area contributed by atoms with Gasteiger partial charge in [0.1, 0.15) is 11.6 Å². The van der Waals surface area contributed by atoms with Crippen molar-refractivity contribution in [3.63, 3.8) is 0 Å². The minimum absolute atomic E-state index is 0.0191. The van der Waals surface area contributed by atoms with Crippen LogP contribution in [0.15, 0.2) is 12.7 Å². The van der Waals surface area contributed by atoms with Crippen molar-refractivity contribution >= 4 is 11.6 Å². The molecule has 2 heteroatoms. The Bertz CT molecular complexity index is 219. The van der Waals surface area contributed by atoms with E-state index in [4.69, 9.17) is 0 Å². The number of hydrogen-bond donors (Lipinski definition) is 0. The summed E-state index contributed by atoms with van der Waals surface area (Å²) in [4.78, 5) is 21.9. The van der Waals surface area contributed by atoms with Crippen LogP contribution in [0.25, 0.3) is 0 Å². The Kier molecular flexibility index (Phi) is 9.98. The first kappa shape index (κ1) is 15.1. The van der Waals surface area contributed by atoms with Crippen LogP contribution in [0.4, 0.5) is 0 Å². The molecule has 0 amide bonds. The first-order valence-electron chi connectivity index (χ1n) is 6.29. The average molecular weight is 224 g/mol. The Hall–Kier alpha value is -0.920. The largest absolute Gasteiger partial charge is 0.300 e. The zero-order valence-corrected chi connectivity index (χ0v) is 10.5. The van der Waals surface area contributed by atoms with Crippen LogP contribution in [0.2, 0.25) is 0 Å². The molecule has 0 spiro atoms. The number of unbranched alkanes of at least 4 members (excludes halogenated alkanes) is 6. The summed E-state index contributed by atoms with van der Waals surface area (Å²) in [5.41, 5.74) is 0.